The van der Waals surface area contributed by atoms with Crippen molar-refractivity contribution in [2.75, 3.05) is 26.2 Å². The van der Waals surface area contributed by atoms with Gasteiger partial charge in [0.15, 0.2) is 5.65 Å². The lowest BCUT2D eigenvalue weighted by Crippen LogP contribution is -2.49. The number of benzene rings is 2. The highest BCUT2D eigenvalue weighted by Gasteiger charge is 2.37. The van der Waals surface area contributed by atoms with E-state index in [1.165, 1.54) is 10.9 Å². The van der Waals surface area contributed by atoms with Gasteiger partial charge in [-0.3, -0.25) is 23.6 Å². The molecule has 0 radical (unpaired) electrons. The minimum Gasteiger partial charge on any atom is -0.444 e. The van der Waals surface area contributed by atoms with Crippen LogP contribution in [0.15, 0.2) is 59.7 Å². The summed E-state index contributed by atoms with van der Waals surface area (Å²) in [5.41, 5.74) is 1.25. The van der Waals surface area contributed by atoms with Gasteiger partial charge in [-0.1, -0.05) is 35.3 Å². The molecule has 2 aromatic carbocycles. The molecule has 2 aliphatic heterocycles. The van der Waals surface area contributed by atoms with Crippen LogP contribution in [0, 0.1) is 6.92 Å². The van der Waals surface area contributed by atoms with E-state index in [2.05, 4.69) is 4.98 Å². The molecule has 0 saturated carbocycles. The van der Waals surface area contributed by atoms with E-state index in [0.29, 0.717) is 71.5 Å². The van der Waals surface area contributed by atoms with Gasteiger partial charge in [0.05, 0.1) is 42.8 Å². The second kappa shape index (κ2) is 13.4. The first kappa shape index (κ1) is 34.9. The fourth-order valence-electron chi connectivity index (χ4n) is 6.60. The highest BCUT2D eigenvalue weighted by Crippen LogP contribution is 2.33. The van der Waals surface area contributed by atoms with Crippen molar-refractivity contribution in [2.45, 2.75) is 77.4 Å². The Hall–Kier alpha value is -3.90. The maximum atomic E-state index is 13.7. The zero-order valence-corrected chi connectivity index (χ0v) is 29.8. The van der Waals surface area contributed by atoms with Gasteiger partial charge in [0, 0.05) is 29.4 Å². The molecule has 4 aromatic rings. The number of aromatic nitrogens is 3. The average molecular weight is 711 g/mol. The van der Waals surface area contributed by atoms with Crippen LogP contribution < -0.4 is 5.56 Å². The number of hydrogen-bond acceptors (Lipinski definition) is 7. The van der Waals surface area contributed by atoms with E-state index in [1.807, 2.05) is 52.8 Å². The molecule has 6 rings (SSSR count). The van der Waals surface area contributed by atoms with Gasteiger partial charge >= 0.3 is 6.09 Å². The van der Waals surface area contributed by atoms with Crippen LogP contribution in [0.25, 0.3) is 16.7 Å². The molecule has 2 fully saturated rings. The normalized spacial score (nSPS) is 19.7. The van der Waals surface area contributed by atoms with Gasteiger partial charge in [-0.2, -0.15) is 0 Å². The Kier molecular flexibility index (Phi) is 9.58. The van der Waals surface area contributed by atoms with Gasteiger partial charge in [-0.25, -0.2) is 9.78 Å². The van der Waals surface area contributed by atoms with Gasteiger partial charge in [-0.05, 0) is 95.0 Å². The smallest absolute Gasteiger partial charge is 0.410 e. The van der Waals surface area contributed by atoms with E-state index in [1.54, 1.807) is 44.7 Å². The molecule has 49 heavy (non-hydrogen) atoms. The van der Waals surface area contributed by atoms with Crippen molar-refractivity contribution >= 4 is 46.2 Å². The van der Waals surface area contributed by atoms with Crippen molar-refractivity contribution in [3.05, 3.63) is 92.1 Å². The van der Waals surface area contributed by atoms with E-state index >= 15 is 0 Å². The third-order valence-electron chi connectivity index (χ3n) is 9.13. The zero-order chi connectivity index (χ0) is 35.2. The van der Waals surface area contributed by atoms with Gasteiger partial charge in [0.2, 0.25) is 0 Å². The monoisotopic (exact) mass is 709 g/mol. The molecule has 4 heterocycles. The molecule has 11 nitrogen and oxygen atoms in total. The van der Waals surface area contributed by atoms with Crippen molar-refractivity contribution < 1.29 is 24.2 Å². The summed E-state index contributed by atoms with van der Waals surface area (Å²) in [6, 6.07) is 13.8. The van der Waals surface area contributed by atoms with Crippen LogP contribution in [0.3, 0.4) is 0 Å². The van der Waals surface area contributed by atoms with E-state index < -0.39 is 17.3 Å². The first-order valence-corrected chi connectivity index (χ1v) is 17.1. The lowest BCUT2D eigenvalue weighted by molar-refractivity contribution is -0.0645. The van der Waals surface area contributed by atoms with Crippen molar-refractivity contribution in [1.29, 1.82) is 0 Å². The van der Waals surface area contributed by atoms with Crippen LogP contribution in [0.5, 0.6) is 0 Å². The summed E-state index contributed by atoms with van der Waals surface area (Å²) in [5.74, 6) is -0.147. The first-order chi connectivity index (χ1) is 23.1. The SMILES string of the molecule is Cc1cc(-n2c(Cl)cc3c(=O)n(CC4(O)CCN(C(=O)c5cccc(Cl)c5)CC4)cnc32)ccc1[C@H]1CO[C@H](C)CN1C(=O)OC(C)(C)C. The zero-order valence-electron chi connectivity index (χ0n) is 28.3. The number of carbonyl (C=O) groups excluding carboxylic acids is 2. The molecule has 2 aliphatic rings. The highest BCUT2D eigenvalue weighted by molar-refractivity contribution is 6.31. The highest BCUT2D eigenvalue weighted by atomic mass is 35.5. The number of hydrogen-bond donors (Lipinski definition) is 1. The minimum absolute atomic E-state index is 0.0286. The number of carbonyl (C=O) groups is 2. The Labute approximate surface area is 294 Å². The van der Waals surface area contributed by atoms with Gasteiger partial charge < -0.3 is 19.5 Å². The molecule has 0 aliphatic carbocycles. The Morgan fingerprint density at radius 3 is 2.51 bits per heavy atom. The Morgan fingerprint density at radius 1 is 1.10 bits per heavy atom. The summed E-state index contributed by atoms with van der Waals surface area (Å²) in [7, 11) is 0. The maximum absolute atomic E-state index is 13.7. The van der Waals surface area contributed by atoms with E-state index in [-0.39, 0.29) is 30.2 Å². The summed E-state index contributed by atoms with van der Waals surface area (Å²) in [4.78, 5) is 47.8. The summed E-state index contributed by atoms with van der Waals surface area (Å²) >= 11 is 12.8. The Bertz CT molecular complexity index is 1960. The lowest BCUT2D eigenvalue weighted by atomic mass is 9.91. The summed E-state index contributed by atoms with van der Waals surface area (Å²) in [6.07, 6.45) is 1.51. The van der Waals surface area contributed by atoms with Gasteiger partial charge in [-0.15, -0.1) is 0 Å². The predicted octanol–water partition coefficient (Wildman–Crippen LogP) is 6.17. The van der Waals surface area contributed by atoms with Crippen molar-refractivity contribution in [2.24, 2.45) is 0 Å². The number of rotatable bonds is 5. The largest absolute Gasteiger partial charge is 0.444 e. The Morgan fingerprint density at radius 2 is 1.84 bits per heavy atom. The molecule has 0 unspecified atom stereocenters. The van der Waals surface area contributed by atoms with Crippen LogP contribution in [-0.2, 0) is 16.0 Å². The minimum atomic E-state index is -1.20. The number of nitrogens with zero attached hydrogens (tertiary/aromatic N) is 5. The second-order valence-electron chi connectivity index (χ2n) is 14.1. The standard InChI is InChI=1S/C36H41Cl2N5O6/c1-22-15-26(9-10-27(22)29-19-48-23(2)18-42(29)34(46)49-35(3,4)5)43-30(38)17-28-31(43)39-21-41(33(28)45)20-36(47)11-13-40(14-12-36)32(44)24-7-6-8-25(37)16-24/h6-10,15-17,21,23,29,47H,11-14,18-20H2,1-5H3/t23-,29-/m1/s1. The quantitative estimate of drug-likeness (QED) is 0.263. The molecule has 2 saturated heterocycles. The van der Waals surface area contributed by atoms with Crippen molar-refractivity contribution in [1.82, 2.24) is 23.9 Å². The number of morpholine rings is 1. The number of piperidine rings is 1. The summed E-state index contributed by atoms with van der Waals surface area (Å²) < 4.78 is 14.8. The molecule has 1 N–H and O–H groups in total. The van der Waals surface area contributed by atoms with Gasteiger partial charge in [0.1, 0.15) is 17.1 Å². The molecular weight excluding hydrogens is 669 g/mol. The summed E-state index contributed by atoms with van der Waals surface area (Å²) in [6.45, 7) is 10.9. The molecule has 260 valence electrons. The molecule has 2 aromatic heterocycles. The number of aliphatic hydroxyl groups is 1. The van der Waals surface area contributed by atoms with Crippen LogP contribution in [0.1, 0.15) is 68.1 Å². The molecule has 13 heteroatoms. The van der Waals surface area contributed by atoms with Crippen LogP contribution in [0.4, 0.5) is 4.79 Å². The maximum Gasteiger partial charge on any atom is 0.410 e. The first-order valence-electron chi connectivity index (χ1n) is 16.4. The summed E-state index contributed by atoms with van der Waals surface area (Å²) in [5, 5.41) is 12.5. The molecule has 0 bridgehead atoms. The van der Waals surface area contributed by atoms with Crippen LogP contribution in [-0.4, -0.2) is 84.6 Å². The van der Waals surface area contributed by atoms with E-state index in [0.717, 1.165) is 11.1 Å². The van der Waals surface area contributed by atoms with Crippen LogP contribution >= 0.6 is 23.2 Å². The number of ether oxygens (including phenoxy) is 2. The average Bonchev–Trinajstić information content (AvgIpc) is 3.38. The van der Waals surface area contributed by atoms with E-state index in [4.69, 9.17) is 32.7 Å². The van der Waals surface area contributed by atoms with Crippen LogP contribution in [0.2, 0.25) is 10.2 Å². The molecule has 0 spiro atoms. The van der Waals surface area contributed by atoms with E-state index in [9.17, 15) is 19.5 Å². The molecule has 2 atom stereocenters. The second-order valence-corrected chi connectivity index (χ2v) is 14.9. The van der Waals surface area contributed by atoms with Gasteiger partial charge in [0.25, 0.3) is 11.5 Å². The number of aryl methyl sites for hydroxylation is 1. The fourth-order valence-corrected chi connectivity index (χ4v) is 7.08. The van der Waals surface area contributed by atoms with Crippen molar-refractivity contribution in [3.63, 3.8) is 0 Å². The lowest BCUT2D eigenvalue weighted by Gasteiger charge is -2.40. The predicted molar refractivity (Wildman–Crippen MR) is 188 cm³/mol. The Balaban J connectivity index is 1.21. The number of fused-ring (bicyclic) bond motifs is 1. The molecule has 2 amide bonds. The third kappa shape index (κ3) is 7.35. The van der Waals surface area contributed by atoms with Crippen molar-refractivity contribution in [3.8, 4) is 5.69 Å². The number of halogens is 2. The number of amides is 2. The topological polar surface area (TPSA) is 119 Å². The fraction of sp³-hybridized carbons (Fsp3) is 0.444. The number of likely N-dealkylation sites (tertiary alicyclic amines) is 1. The molecular formula is C36H41Cl2N5O6. The third-order valence-corrected chi connectivity index (χ3v) is 9.64.